The predicted molar refractivity (Wildman–Crippen MR) is 88.9 cm³/mol. The SMILES string of the molecule is O=C(C=Cc1cccc(C(F)(F)F)c1C(F)(F)F)NCCCN1CCCC1=O. The molecule has 0 bridgehead atoms. The molecule has 0 aromatic heterocycles. The monoisotopic (exact) mass is 408 g/mol. The molecule has 0 saturated carbocycles. The number of benzene rings is 1. The van der Waals surface area contributed by atoms with Crippen molar-refractivity contribution in [2.45, 2.75) is 31.6 Å². The molecule has 4 nitrogen and oxygen atoms in total. The van der Waals surface area contributed by atoms with E-state index in [2.05, 4.69) is 5.32 Å². The molecule has 0 radical (unpaired) electrons. The third-order valence-corrected chi connectivity index (χ3v) is 4.18. The van der Waals surface area contributed by atoms with E-state index in [0.717, 1.165) is 24.6 Å². The molecule has 0 atom stereocenters. The van der Waals surface area contributed by atoms with Gasteiger partial charge in [0.05, 0.1) is 11.1 Å². The number of halogens is 6. The molecule has 1 aliphatic heterocycles. The first-order valence-electron chi connectivity index (χ1n) is 8.51. The van der Waals surface area contributed by atoms with Crippen LogP contribution in [0.4, 0.5) is 26.3 Å². The van der Waals surface area contributed by atoms with Crippen molar-refractivity contribution < 1.29 is 35.9 Å². The molecule has 1 heterocycles. The van der Waals surface area contributed by atoms with Crippen molar-refractivity contribution in [3.8, 4) is 0 Å². The van der Waals surface area contributed by atoms with Gasteiger partial charge in [-0.3, -0.25) is 9.59 Å². The summed E-state index contributed by atoms with van der Waals surface area (Å²) in [5.74, 6) is -0.700. The minimum atomic E-state index is -5.23. The fourth-order valence-electron chi connectivity index (χ4n) is 2.91. The van der Waals surface area contributed by atoms with Gasteiger partial charge in [-0.1, -0.05) is 12.1 Å². The Morgan fingerprint density at radius 1 is 1.14 bits per heavy atom. The van der Waals surface area contributed by atoms with E-state index < -0.39 is 35.0 Å². The first-order chi connectivity index (χ1) is 13.0. The summed E-state index contributed by atoms with van der Waals surface area (Å²) in [5, 5.41) is 2.43. The van der Waals surface area contributed by atoms with Crippen molar-refractivity contribution in [2.24, 2.45) is 0 Å². The summed E-state index contributed by atoms with van der Waals surface area (Å²) in [6.07, 6.45) is -7.21. The van der Waals surface area contributed by atoms with Crippen LogP contribution >= 0.6 is 0 Å². The molecule has 0 spiro atoms. The highest BCUT2D eigenvalue weighted by molar-refractivity contribution is 5.92. The molecule has 1 saturated heterocycles. The van der Waals surface area contributed by atoms with E-state index >= 15 is 0 Å². The highest BCUT2D eigenvalue weighted by Gasteiger charge is 2.44. The number of nitrogens with zero attached hydrogens (tertiary/aromatic N) is 1. The zero-order valence-corrected chi connectivity index (χ0v) is 14.7. The molecule has 10 heteroatoms. The van der Waals surface area contributed by atoms with Gasteiger partial charge in [-0.25, -0.2) is 0 Å². The minimum absolute atomic E-state index is 0.0375. The van der Waals surface area contributed by atoms with Gasteiger partial charge in [0.25, 0.3) is 0 Å². The Balaban J connectivity index is 2.01. The second-order valence-electron chi connectivity index (χ2n) is 6.23. The molecule has 28 heavy (non-hydrogen) atoms. The summed E-state index contributed by atoms with van der Waals surface area (Å²) >= 11 is 0. The summed E-state index contributed by atoms with van der Waals surface area (Å²) < 4.78 is 78.0. The van der Waals surface area contributed by atoms with Gasteiger partial charge in [0.15, 0.2) is 0 Å². The third kappa shape index (κ3) is 5.74. The number of hydrogen-bond donors (Lipinski definition) is 1. The lowest BCUT2D eigenvalue weighted by Gasteiger charge is -2.17. The normalized spacial score (nSPS) is 15.5. The Morgan fingerprint density at radius 2 is 1.86 bits per heavy atom. The van der Waals surface area contributed by atoms with Crippen molar-refractivity contribution in [3.05, 3.63) is 41.0 Å². The maximum atomic E-state index is 13.1. The van der Waals surface area contributed by atoms with Crippen LogP contribution in [0, 0.1) is 0 Å². The van der Waals surface area contributed by atoms with Crippen LogP contribution < -0.4 is 5.32 Å². The van der Waals surface area contributed by atoms with Crippen molar-refractivity contribution in [1.82, 2.24) is 10.2 Å². The number of amides is 2. The summed E-state index contributed by atoms with van der Waals surface area (Å²) in [5.41, 5.74) is -4.39. The molecule has 2 amide bonds. The average Bonchev–Trinajstić information content (AvgIpc) is 3.00. The Morgan fingerprint density at radius 3 is 2.43 bits per heavy atom. The van der Waals surface area contributed by atoms with E-state index in [1.165, 1.54) is 0 Å². The van der Waals surface area contributed by atoms with Crippen LogP contribution in [0.2, 0.25) is 0 Å². The van der Waals surface area contributed by atoms with E-state index in [4.69, 9.17) is 0 Å². The molecular weight excluding hydrogens is 390 g/mol. The molecule has 1 aromatic rings. The fourth-order valence-corrected chi connectivity index (χ4v) is 2.91. The first kappa shape index (κ1) is 21.8. The minimum Gasteiger partial charge on any atom is -0.352 e. The smallest absolute Gasteiger partial charge is 0.352 e. The van der Waals surface area contributed by atoms with Crippen molar-refractivity contribution in [3.63, 3.8) is 0 Å². The number of nitrogens with one attached hydrogen (secondary N) is 1. The molecular formula is C18H18F6N2O2. The van der Waals surface area contributed by atoms with Crippen LogP contribution in [0.5, 0.6) is 0 Å². The molecule has 1 aliphatic rings. The third-order valence-electron chi connectivity index (χ3n) is 4.18. The van der Waals surface area contributed by atoms with Gasteiger partial charge in [-0.15, -0.1) is 0 Å². The second kappa shape index (κ2) is 8.66. The number of hydrogen-bond acceptors (Lipinski definition) is 2. The lowest BCUT2D eigenvalue weighted by atomic mass is 9.99. The Hall–Kier alpha value is -2.52. The lowest BCUT2D eigenvalue weighted by Crippen LogP contribution is -2.30. The summed E-state index contributed by atoms with van der Waals surface area (Å²) in [4.78, 5) is 24.8. The summed E-state index contributed by atoms with van der Waals surface area (Å²) in [7, 11) is 0. The number of alkyl halides is 6. The fraction of sp³-hybridized carbons (Fsp3) is 0.444. The summed E-state index contributed by atoms with van der Waals surface area (Å²) in [6, 6.07) is 2.06. The van der Waals surface area contributed by atoms with Gasteiger partial charge < -0.3 is 10.2 Å². The number of carbonyl (C=O) groups is 2. The van der Waals surface area contributed by atoms with Crippen LogP contribution in [-0.2, 0) is 21.9 Å². The van der Waals surface area contributed by atoms with Crippen LogP contribution in [0.25, 0.3) is 6.08 Å². The number of rotatable bonds is 6. The first-order valence-corrected chi connectivity index (χ1v) is 8.51. The van der Waals surface area contributed by atoms with Crippen LogP contribution in [-0.4, -0.2) is 36.3 Å². The molecule has 0 aliphatic carbocycles. The Bertz CT molecular complexity index is 755. The standard InChI is InChI=1S/C18H18F6N2O2/c19-17(20,21)13-5-1-4-12(16(13)18(22,23)24)7-8-14(27)25-9-3-11-26-10-2-6-15(26)28/h1,4-5,7-8H,2-3,6,9-11H2,(H,25,27). The zero-order chi connectivity index (χ0) is 20.9. The highest BCUT2D eigenvalue weighted by Crippen LogP contribution is 2.42. The maximum Gasteiger partial charge on any atom is 0.417 e. The van der Waals surface area contributed by atoms with Crippen LogP contribution in [0.15, 0.2) is 24.3 Å². The quantitative estimate of drug-likeness (QED) is 0.442. The average molecular weight is 408 g/mol. The Labute approximate surface area is 157 Å². The van der Waals surface area contributed by atoms with Gasteiger partial charge in [-0.05, 0) is 30.5 Å². The van der Waals surface area contributed by atoms with Crippen LogP contribution in [0.1, 0.15) is 36.0 Å². The molecule has 1 N–H and O–H groups in total. The molecule has 1 fully saturated rings. The van der Waals surface area contributed by atoms with Gasteiger partial charge in [0, 0.05) is 32.1 Å². The molecule has 1 aromatic carbocycles. The molecule has 154 valence electrons. The molecule has 0 unspecified atom stereocenters. The van der Waals surface area contributed by atoms with Gasteiger partial charge in [-0.2, -0.15) is 26.3 Å². The van der Waals surface area contributed by atoms with E-state index in [0.29, 0.717) is 38.1 Å². The highest BCUT2D eigenvalue weighted by atomic mass is 19.4. The van der Waals surface area contributed by atoms with Crippen molar-refractivity contribution in [2.75, 3.05) is 19.6 Å². The second-order valence-corrected chi connectivity index (χ2v) is 6.23. The van der Waals surface area contributed by atoms with E-state index in [1.54, 1.807) is 4.90 Å². The lowest BCUT2D eigenvalue weighted by molar-refractivity contribution is -0.162. The van der Waals surface area contributed by atoms with E-state index in [1.807, 2.05) is 0 Å². The molecule has 2 rings (SSSR count). The largest absolute Gasteiger partial charge is 0.417 e. The predicted octanol–water partition coefficient (Wildman–Crippen LogP) is 3.87. The number of carbonyl (C=O) groups excluding carboxylic acids is 2. The van der Waals surface area contributed by atoms with Crippen molar-refractivity contribution in [1.29, 1.82) is 0 Å². The maximum absolute atomic E-state index is 13.1. The van der Waals surface area contributed by atoms with Gasteiger partial charge in [0.2, 0.25) is 11.8 Å². The van der Waals surface area contributed by atoms with E-state index in [-0.39, 0.29) is 12.5 Å². The summed E-state index contributed by atoms with van der Waals surface area (Å²) in [6.45, 7) is 1.29. The Kier molecular flexibility index (Phi) is 6.73. The van der Waals surface area contributed by atoms with E-state index in [9.17, 15) is 35.9 Å². The van der Waals surface area contributed by atoms with Crippen molar-refractivity contribution >= 4 is 17.9 Å². The van der Waals surface area contributed by atoms with Gasteiger partial charge in [0.1, 0.15) is 0 Å². The number of likely N-dealkylation sites (tertiary alicyclic amines) is 1. The zero-order valence-electron chi connectivity index (χ0n) is 14.7. The topological polar surface area (TPSA) is 49.4 Å². The van der Waals surface area contributed by atoms with Gasteiger partial charge >= 0.3 is 12.4 Å². The van der Waals surface area contributed by atoms with Crippen LogP contribution in [0.3, 0.4) is 0 Å².